The fourth-order valence-corrected chi connectivity index (χ4v) is 2.70. The first-order valence-corrected chi connectivity index (χ1v) is 8.14. The number of amides is 1. The van der Waals surface area contributed by atoms with E-state index in [-0.39, 0.29) is 12.5 Å². The summed E-state index contributed by atoms with van der Waals surface area (Å²) in [4.78, 5) is 24.0. The fraction of sp³-hybridized carbons (Fsp3) is 0.300. The summed E-state index contributed by atoms with van der Waals surface area (Å²) in [7, 11) is 1.57. The van der Waals surface area contributed by atoms with Crippen molar-refractivity contribution in [2.75, 3.05) is 13.7 Å². The van der Waals surface area contributed by atoms with E-state index in [0.717, 1.165) is 16.7 Å². The van der Waals surface area contributed by atoms with Gasteiger partial charge in [-0.1, -0.05) is 48.0 Å². The number of rotatable bonds is 8. The van der Waals surface area contributed by atoms with Gasteiger partial charge in [0.2, 0.25) is 0 Å². The fourth-order valence-electron chi connectivity index (χ4n) is 2.70. The van der Waals surface area contributed by atoms with Crippen molar-refractivity contribution >= 4 is 11.9 Å². The van der Waals surface area contributed by atoms with Crippen molar-refractivity contribution in [1.29, 1.82) is 0 Å². The summed E-state index contributed by atoms with van der Waals surface area (Å²) >= 11 is 0. The maximum Gasteiger partial charge on any atom is 0.308 e. The molecule has 0 spiro atoms. The van der Waals surface area contributed by atoms with E-state index >= 15 is 0 Å². The number of methoxy groups -OCH3 is 1. The van der Waals surface area contributed by atoms with Gasteiger partial charge in [-0.05, 0) is 30.5 Å². The Morgan fingerprint density at radius 1 is 1.16 bits per heavy atom. The Bertz CT molecular complexity index is 742. The number of ether oxygens (including phenoxy) is 1. The third-order valence-corrected chi connectivity index (χ3v) is 3.98. The molecule has 25 heavy (non-hydrogen) atoms. The zero-order valence-electron chi connectivity index (χ0n) is 14.5. The van der Waals surface area contributed by atoms with E-state index in [4.69, 9.17) is 4.74 Å². The molecule has 1 amide bonds. The van der Waals surface area contributed by atoms with Crippen molar-refractivity contribution in [3.8, 4) is 0 Å². The number of hydrogen-bond donors (Lipinski definition) is 2. The van der Waals surface area contributed by atoms with Crippen LogP contribution in [0.15, 0.2) is 48.5 Å². The van der Waals surface area contributed by atoms with Gasteiger partial charge in [0.25, 0.3) is 5.91 Å². The van der Waals surface area contributed by atoms with Crippen LogP contribution in [-0.2, 0) is 22.6 Å². The van der Waals surface area contributed by atoms with Crippen LogP contribution >= 0.6 is 0 Å². The molecule has 0 radical (unpaired) electrons. The molecule has 5 heteroatoms. The van der Waals surface area contributed by atoms with E-state index in [0.29, 0.717) is 18.6 Å². The van der Waals surface area contributed by atoms with E-state index in [2.05, 4.69) is 5.32 Å². The van der Waals surface area contributed by atoms with Gasteiger partial charge in [-0.25, -0.2) is 0 Å². The first kappa shape index (κ1) is 18.7. The van der Waals surface area contributed by atoms with Crippen molar-refractivity contribution in [2.24, 2.45) is 5.92 Å². The maximum atomic E-state index is 12.4. The molecule has 2 rings (SSSR count). The number of carbonyl (C=O) groups excluding carboxylic acids is 1. The highest BCUT2D eigenvalue weighted by molar-refractivity contribution is 5.95. The first-order valence-electron chi connectivity index (χ1n) is 8.14. The Kier molecular flexibility index (Phi) is 6.71. The summed E-state index contributed by atoms with van der Waals surface area (Å²) in [5, 5.41) is 12.2. The summed E-state index contributed by atoms with van der Waals surface area (Å²) in [6, 6.07) is 14.9. The number of carboxylic acid groups (broad SMARTS) is 1. The summed E-state index contributed by atoms with van der Waals surface area (Å²) in [5.41, 5.74) is 3.30. The lowest BCUT2D eigenvalue weighted by molar-refractivity contribution is -0.141. The van der Waals surface area contributed by atoms with Crippen LogP contribution < -0.4 is 5.32 Å². The second kappa shape index (κ2) is 8.99. The highest BCUT2D eigenvalue weighted by atomic mass is 16.5. The lowest BCUT2D eigenvalue weighted by atomic mass is 9.98. The van der Waals surface area contributed by atoms with E-state index in [1.54, 1.807) is 19.2 Å². The standard InChI is InChI=1S/C20H23NO4/c1-14-6-5-7-15(10-14)11-17(20(23)24)12-21-19(22)18-9-4-3-8-16(18)13-25-2/h3-10,17H,11-13H2,1-2H3,(H,21,22)(H,23,24). The van der Waals surface area contributed by atoms with Crippen LogP contribution in [-0.4, -0.2) is 30.6 Å². The predicted molar refractivity (Wildman–Crippen MR) is 95.5 cm³/mol. The van der Waals surface area contributed by atoms with Crippen LogP contribution in [0.2, 0.25) is 0 Å². The molecule has 0 heterocycles. The van der Waals surface area contributed by atoms with Gasteiger partial charge in [-0.15, -0.1) is 0 Å². The molecule has 1 atom stereocenters. The van der Waals surface area contributed by atoms with Gasteiger partial charge in [0.05, 0.1) is 12.5 Å². The molecule has 0 aliphatic rings. The molecular weight excluding hydrogens is 318 g/mol. The van der Waals surface area contributed by atoms with E-state index in [9.17, 15) is 14.7 Å². The Labute approximate surface area is 147 Å². The van der Waals surface area contributed by atoms with Crippen molar-refractivity contribution in [3.63, 3.8) is 0 Å². The Hall–Kier alpha value is -2.66. The van der Waals surface area contributed by atoms with Crippen molar-refractivity contribution in [2.45, 2.75) is 20.0 Å². The Balaban J connectivity index is 2.03. The highest BCUT2D eigenvalue weighted by Crippen LogP contribution is 2.13. The quantitative estimate of drug-likeness (QED) is 0.774. The molecule has 5 nitrogen and oxygen atoms in total. The summed E-state index contributed by atoms with van der Waals surface area (Å²) < 4.78 is 5.10. The predicted octanol–water partition coefficient (Wildman–Crippen LogP) is 2.81. The monoisotopic (exact) mass is 341 g/mol. The van der Waals surface area contributed by atoms with E-state index in [1.165, 1.54) is 0 Å². The average Bonchev–Trinajstić information content (AvgIpc) is 2.59. The van der Waals surface area contributed by atoms with Gasteiger partial charge in [-0.3, -0.25) is 9.59 Å². The first-order chi connectivity index (χ1) is 12.0. The minimum atomic E-state index is -0.924. The summed E-state index contributed by atoms with van der Waals surface area (Å²) in [5.74, 6) is -1.89. The number of carboxylic acids is 1. The average molecular weight is 341 g/mol. The molecular formula is C20H23NO4. The molecule has 2 N–H and O–H groups in total. The third kappa shape index (κ3) is 5.43. The Morgan fingerprint density at radius 2 is 1.92 bits per heavy atom. The van der Waals surface area contributed by atoms with E-state index < -0.39 is 11.9 Å². The molecule has 0 bridgehead atoms. The molecule has 0 fully saturated rings. The number of nitrogens with one attached hydrogen (secondary N) is 1. The molecule has 1 unspecified atom stereocenters. The lowest BCUT2D eigenvalue weighted by Crippen LogP contribution is -2.34. The molecule has 2 aromatic carbocycles. The normalized spacial score (nSPS) is 11.8. The third-order valence-electron chi connectivity index (χ3n) is 3.98. The number of hydrogen-bond acceptors (Lipinski definition) is 3. The molecule has 0 saturated carbocycles. The van der Waals surface area contributed by atoms with Gasteiger partial charge >= 0.3 is 5.97 Å². The molecule has 0 aliphatic carbocycles. The van der Waals surface area contributed by atoms with Crippen LogP contribution in [0.3, 0.4) is 0 Å². The van der Waals surface area contributed by atoms with Gasteiger partial charge in [0, 0.05) is 19.2 Å². The molecule has 0 aliphatic heterocycles. The smallest absolute Gasteiger partial charge is 0.308 e. The minimum absolute atomic E-state index is 0.0728. The Morgan fingerprint density at radius 3 is 2.60 bits per heavy atom. The zero-order chi connectivity index (χ0) is 18.2. The minimum Gasteiger partial charge on any atom is -0.481 e. The SMILES string of the molecule is COCc1ccccc1C(=O)NCC(Cc1cccc(C)c1)C(=O)O. The van der Waals surface area contributed by atoms with Gasteiger partial charge < -0.3 is 15.2 Å². The number of aryl methyl sites for hydroxylation is 1. The number of benzene rings is 2. The molecule has 0 aromatic heterocycles. The zero-order valence-corrected chi connectivity index (χ0v) is 14.5. The highest BCUT2D eigenvalue weighted by Gasteiger charge is 2.20. The van der Waals surface area contributed by atoms with Gasteiger partial charge in [0.15, 0.2) is 0 Å². The number of carbonyl (C=O) groups is 2. The molecule has 132 valence electrons. The second-order valence-electron chi connectivity index (χ2n) is 6.03. The van der Waals surface area contributed by atoms with Crippen molar-refractivity contribution in [3.05, 3.63) is 70.8 Å². The van der Waals surface area contributed by atoms with Crippen LogP contribution in [0.4, 0.5) is 0 Å². The van der Waals surface area contributed by atoms with Gasteiger partial charge in [-0.2, -0.15) is 0 Å². The lowest BCUT2D eigenvalue weighted by Gasteiger charge is -2.15. The van der Waals surface area contributed by atoms with Crippen molar-refractivity contribution in [1.82, 2.24) is 5.32 Å². The van der Waals surface area contributed by atoms with Crippen LogP contribution in [0.1, 0.15) is 27.0 Å². The second-order valence-corrected chi connectivity index (χ2v) is 6.03. The molecule has 0 saturated heterocycles. The topological polar surface area (TPSA) is 75.6 Å². The van der Waals surface area contributed by atoms with Crippen LogP contribution in [0.5, 0.6) is 0 Å². The van der Waals surface area contributed by atoms with Crippen LogP contribution in [0.25, 0.3) is 0 Å². The summed E-state index contributed by atoms with van der Waals surface area (Å²) in [6.07, 6.45) is 0.372. The summed E-state index contributed by atoms with van der Waals surface area (Å²) in [6.45, 7) is 2.37. The van der Waals surface area contributed by atoms with Gasteiger partial charge in [0.1, 0.15) is 0 Å². The van der Waals surface area contributed by atoms with Crippen molar-refractivity contribution < 1.29 is 19.4 Å². The van der Waals surface area contributed by atoms with E-state index in [1.807, 2.05) is 43.3 Å². The van der Waals surface area contributed by atoms with Crippen LogP contribution in [0, 0.1) is 12.8 Å². The number of aliphatic carboxylic acids is 1. The molecule has 2 aromatic rings. The maximum absolute atomic E-state index is 12.4. The largest absolute Gasteiger partial charge is 0.481 e.